The van der Waals surface area contributed by atoms with Gasteiger partial charge in [0, 0.05) is 5.02 Å². The fourth-order valence-electron chi connectivity index (χ4n) is 2.92. The number of thioether (sulfide) groups is 1. The standard InChI is InChI=1S/C20H21ClN4O4S2/c1-12-4-9-16(29-2)15(10-12)23-17(26)11-25-19(22)18(20(24-25)30-3)31(27,28)14-7-5-13(21)6-8-14/h4-10H,11,22H2,1-3H3,(H,23,26). The number of carbonyl (C=O) groups is 1. The summed E-state index contributed by atoms with van der Waals surface area (Å²) in [6.45, 7) is 1.62. The molecule has 1 amide bonds. The first-order chi connectivity index (χ1) is 14.7. The summed E-state index contributed by atoms with van der Waals surface area (Å²) in [5.74, 6) is -0.0463. The molecule has 0 bridgehead atoms. The molecule has 164 valence electrons. The number of nitrogens with two attached hydrogens (primary N) is 1. The van der Waals surface area contributed by atoms with Crippen LogP contribution in [0.3, 0.4) is 0 Å². The highest BCUT2D eigenvalue weighted by molar-refractivity contribution is 7.99. The minimum absolute atomic E-state index is 0.0346. The number of nitrogens with one attached hydrogen (secondary N) is 1. The van der Waals surface area contributed by atoms with Crippen LogP contribution in [0.5, 0.6) is 5.75 Å². The van der Waals surface area contributed by atoms with Gasteiger partial charge in [-0.1, -0.05) is 17.7 Å². The summed E-state index contributed by atoms with van der Waals surface area (Å²) in [6.07, 6.45) is 1.69. The van der Waals surface area contributed by atoms with Crippen molar-refractivity contribution in [1.29, 1.82) is 0 Å². The van der Waals surface area contributed by atoms with Crippen molar-refractivity contribution in [3.63, 3.8) is 0 Å². The number of ether oxygens (including phenoxy) is 1. The minimum Gasteiger partial charge on any atom is -0.495 e. The van der Waals surface area contributed by atoms with Crippen molar-refractivity contribution in [2.24, 2.45) is 0 Å². The van der Waals surface area contributed by atoms with Gasteiger partial charge in [0.05, 0.1) is 17.7 Å². The normalized spacial score (nSPS) is 11.4. The molecule has 11 heteroatoms. The number of nitrogen functional groups attached to an aromatic ring is 1. The van der Waals surface area contributed by atoms with Crippen LogP contribution in [0.25, 0.3) is 0 Å². The number of rotatable bonds is 7. The van der Waals surface area contributed by atoms with E-state index in [4.69, 9.17) is 22.1 Å². The maximum atomic E-state index is 13.1. The van der Waals surface area contributed by atoms with E-state index in [1.165, 1.54) is 36.1 Å². The van der Waals surface area contributed by atoms with Crippen molar-refractivity contribution < 1.29 is 17.9 Å². The average Bonchev–Trinajstić information content (AvgIpc) is 3.04. The molecule has 0 atom stereocenters. The van der Waals surface area contributed by atoms with Crippen LogP contribution in [0, 0.1) is 6.92 Å². The van der Waals surface area contributed by atoms with Crippen LogP contribution in [-0.2, 0) is 21.2 Å². The van der Waals surface area contributed by atoms with Gasteiger partial charge < -0.3 is 15.8 Å². The molecule has 2 aromatic carbocycles. The van der Waals surface area contributed by atoms with E-state index in [-0.39, 0.29) is 27.2 Å². The molecule has 0 aliphatic carbocycles. The van der Waals surface area contributed by atoms with Gasteiger partial charge in [-0.25, -0.2) is 13.1 Å². The summed E-state index contributed by atoms with van der Waals surface area (Å²) >= 11 is 6.99. The molecule has 0 saturated heterocycles. The van der Waals surface area contributed by atoms with Crippen molar-refractivity contribution in [3.8, 4) is 5.75 Å². The van der Waals surface area contributed by atoms with Gasteiger partial charge in [0.2, 0.25) is 15.7 Å². The maximum Gasteiger partial charge on any atom is 0.246 e. The number of amides is 1. The van der Waals surface area contributed by atoms with Gasteiger partial charge in [-0.3, -0.25) is 4.79 Å². The number of benzene rings is 2. The molecule has 1 aromatic heterocycles. The zero-order chi connectivity index (χ0) is 22.8. The fourth-order valence-corrected chi connectivity index (χ4v) is 5.48. The molecule has 31 heavy (non-hydrogen) atoms. The minimum atomic E-state index is -3.96. The Bertz CT molecular complexity index is 1220. The number of anilines is 2. The Morgan fingerprint density at radius 1 is 1.26 bits per heavy atom. The summed E-state index contributed by atoms with van der Waals surface area (Å²) in [7, 11) is -2.45. The van der Waals surface area contributed by atoms with E-state index in [1.807, 2.05) is 13.0 Å². The molecule has 0 spiro atoms. The number of hydrogen-bond acceptors (Lipinski definition) is 7. The van der Waals surface area contributed by atoms with Gasteiger partial charge in [0.1, 0.15) is 28.0 Å². The Balaban J connectivity index is 1.92. The van der Waals surface area contributed by atoms with E-state index in [2.05, 4.69) is 10.4 Å². The van der Waals surface area contributed by atoms with Gasteiger partial charge in [-0.15, -0.1) is 11.8 Å². The highest BCUT2D eigenvalue weighted by Gasteiger charge is 2.29. The lowest BCUT2D eigenvalue weighted by atomic mass is 10.2. The molecule has 0 aliphatic heterocycles. The van der Waals surface area contributed by atoms with E-state index in [1.54, 1.807) is 18.4 Å². The monoisotopic (exact) mass is 480 g/mol. The quantitative estimate of drug-likeness (QED) is 0.496. The average molecular weight is 481 g/mol. The van der Waals surface area contributed by atoms with E-state index >= 15 is 0 Å². The molecule has 0 saturated carbocycles. The van der Waals surface area contributed by atoms with Crippen molar-refractivity contribution in [2.75, 3.05) is 24.4 Å². The van der Waals surface area contributed by atoms with E-state index in [0.717, 1.165) is 17.3 Å². The van der Waals surface area contributed by atoms with Gasteiger partial charge in [-0.2, -0.15) is 5.10 Å². The number of aromatic nitrogens is 2. The molecular weight excluding hydrogens is 460 g/mol. The van der Waals surface area contributed by atoms with Crippen molar-refractivity contribution in [3.05, 3.63) is 53.1 Å². The molecule has 1 heterocycles. The zero-order valence-electron chi connectivity index (χ0n) is 17.0. The first kappa shape index (κ1) is 23.0. The molecule has 3 rings (SSSR count). The van der Waals surface area contributed by atoms with Crippen molar-refractivity contribution in [1.82, 2.24) is 9.78 Å². The smallest absolute Gasteiger partial charge is 0.246 e. The lowest BCUT2D eigenvalue weighted by molar-refractivity contribution is -0.116. The van der Waals surface area contributed by atoms with Crippen LogP contribution in [-0.4, -0.2) is 37.5 Å². The number of methoxy groups -OCH3 is 1. The Hall–Kier alpha value is -2.69. The first-order valence-corrected chi connectivity index (χ1v) is 12.1. The molecular formula is C20H21ClN4O4S2. The lowest BCUT2D eigenvalue weighted by Crippen LogP contribution is -2.21. The third-order valence-electron chi connectivity index (χ3n) is 4.42. The van der Waals surface area contributed by atoms with Crippen molar-refractivity contribution in [2.45, 2.75) is 28.3 Å². The van der Waals surface area contributed by atoms with E-state index < -0.39 is 15.7 Å². The summed E-state index contributed by atoms with van der Waals surface area (Å²) < 4.78 is 32.7. The predicted octanol–water partition coefficient (Wildman–Crippen LogP) is 3.63. The highest BCUT2D eigenvalue weighted by Crippen LogP contribution is 2.34. The number of sulfone groups is 1. The SMILES string of the molecule is COc1ccc(C)cc1NC(=O)Cn1nc(SC)c(S(=O)(=O)c2ccc(Cl)cc2)c1N. The number of nitrogens with zero attached hydrogens (tertiary/aromatic N) is 2. The maximum absolute atomic E-state index is 13.1. The second-order valence-electron chi connectivity index (χ2n) is 6.59. The van der Waals surface area contributed by atoms with Crippen molar-refractivity contribution >= 4 is 50.6 Å². The van der Waals surface area contributed by atoms with Crippen LogP contribution in [0.1, 0.15) is 5.56 Å². The molecule has 3 aromatic rings. The Morgan fingerprint density at radius 3 is 2.55 bits per heavy atom. The third-order valence-corrected chi connectivity index (χ3v) is 7.31. The van der Waals surface area contributed by atoms with Gasteiger partial charge in [0.25, 0.3) is 0 Å². The summed E-state index contributed by atoms with van der Waals surface area (Å²) in [5, 5.41) is 7.60. The zero-order valence-corrected chi connectivity index (χ0v) is 19.4. The van der Waals surface area contributed by atoms with E-state index in [0.29, 0.717) is 16.5 Å². The van der Waals surface area contributed by atoms with Gasteiger partial charge >= 0.3 is 0 Å². The topological polar surface area (TPSA) is 116 Å². The molecule has 8 nitrogen and oxygen atoms in total. The van der Waals surface area contributed by atoms with E-state index in [9.17, 15) is 13.2 Å². The number of hydrogen-bond donors (Lipinski definition) is 2. The summed E-state index contributed by atoms with van der Waals surface area (Å²) in [4.78, 5) is 12.5. The number of carbonyl (C=O) groups excluding carboxylic acids is 1. The molecule has 0 aliphatic rings. The highest BCUT2D eigenvalue weighted by atomic mass is 35.5. The van der Waals surface area contributed by atoms with Gasteiger partial charge in [0.15, 0.2) is 0 Å². The second-order valence-corrected chi connectivity index (χ2v) is 9.71. The van der Waals surface area contributed by atoms with Crippen LogP contribution < -0.4 is 15.8 Å². The Labute approximate surface area is 189 Å². The second kappa shape index (κ2) is 9.21. The lowest BCUT2D eigenvalue weighted by Gasteiger charge is -2.11. The van der Waals surface area contributed by atoms with Crippen LogP contribution in [0.2, 0.25) is 5.02 Å². The summed E-state index contributed by atoms with van der Waals surface area (Å²) in [6, 6.07) is 11.1. The summed E-state index contributed by atoms with van der Waals surface area (Å²) in [5.41, 5.74) is 7.57. The van der Waals surface area contributed by atoms with Crippen LogP contribution in [0.4, 0.5) is 11.5 Å². The molecule has 0 radical (unpaired) electrons. The Kier molecular flexibility index (Phi) is 6.83. The number of aryl methyl sites for hydroxylation is 1. The number of halogens is 1. The predicted molar refractivity (Wildman–Crippen MR) is 122 cm³/mol. The molecule has 3 N–H and O–H groups in total. The Morgan fingerprint density at radius 2 is 1.94 bits per heavy atom. The molecule has 0 fully saturated rings. The van der Waals surface area contributed by atoms with Gasteiger partial charge in [-0.05, 0) is 55.1 Å². The van der Waals surface area contributed by atoms with Crippen LogP contribution in [0.15, 0.2) is 57.3 Å². The molecule has 0 unspecified atom stereocenters. The third kappa shape index (κ3) is 4.81. The van der Waals surface area contributed by atoms with Crippen LogP contribution >= 0.6 is 23.4 Å². The largest absolute Gasteiger partial charge is 0.495 e. The first-order valence-electron chi connectivity index (χ1n) is 9.02. The fraction of sp³-hybridized carbons (Fsp3) is 0.200.